The molecule has 5 nitrogen and oxygen atoms in total. The molecule has 1 heterocycles. The highest BCUT2D eigenvalue weighted by Crippen LogP contribution is 2.25. The van der Waals surface area contributed by atoms with Gasteiger partial charge in [-0.2, -0.15) is 4.80 Å². The summed E-state index contributed by atoms with van der Waals surface area (Å²) >= 11 is 3.45. The Morgan fingerprint density at radius 1 is 1.47 bits per heavy atom. The largest absolute Gasteiger partial charge is 0.388 e. The first-order valence-electron chi connectivity index (χ1n) is 5.24. The first-order chi connectivity index (χ1) is 8.08. The van der Waals surface area contributed by atoms with Gasteiger partial charge in [0.25, 0.3) is 0 Å². The van der Waals surface area contributed by atoms with Crippen LogP contribution in [0.1, 0.15) is 23.1 Å². The van der Waals surface area contributed by atoms with Crippen molar-refractivity contribution in [2.45, 2.75) is 19.4 Å². The molecule has 0 bridgehead atoms. The van der Waals surface area contributed by atoms with Crippen molar-refractivity contribution in [3.8, 4) is 0 Å². The molecular formula is C11H13BrN4O. The van der Waals surface area contributed by atoms with E-state index in [1.807, 2.05) is 25.1 Å². The topological polar surface area (TPSA) is 63.8 Å². The number of aromatic nitrogens is 4. The summed E-state index contributed by atoms with van der Waals surface area (Å²) in [5, 5.41) is 21.8. The smallest absolute Gasteiger partial charge is 0.177 e. The molecule has 0 fully saturated rings. The quantitative estimate of drug-likeness (QED) is 0.933. The molecule has 17 heavy (non-hydrogen) atoms. The Hall–Kier alpha value is -1.27. The summed E-state index contributed by atoms with van der Waals surface area (Å²) in [6.07, 6.45) is -0.248. The second kappa shape index (κ2) is 4.93. The van der Waals surface area contributed by atoms with E-state index in [1.54, 1.807) is 7.05 Å². The van der Waals surface area contributed by atoms with Gasteiger partial charge in [0, 0.05) is 10.9 Å². The molecule has 0 spiro atoms. The van der Waals surface area contributed by atoms with Crippen LogP contribution >= 0.6 is 15.9 Å². The van der Waals surface area contributed by atoms with Crippen molar-refractivity contribution in [3.63, 3.8) is 0 Å². The minimum absolute atomic E-state index is 0.366. The normalized spacial score (nSPS) is 12.7. The summed E-state index contributed by atoms with van der Waals surface area (Å²) in [6.45, 7) is 1.97. The fourth-order valence-corrected chi connectivity index (χ4v) is 2.05. The summed E-state index contributed by atoms with van der Waals surface area (Å²) in [6, 6.07) is 5.76. The molecule has 0 aliphatic rings. The molecule has 0 saturated heterocycles. The lowest BCUT2D eigenvalue weighted by Crippen LogP contribution is -2.06. The maximum Gasteiger partial charge on any atom is 0.177 e. The molecule has 1 unspecified atom stereocenters. The third-order valence-electron chi connectivity index (χ3n) is 2.59. The summed E-state index contributed by atoms with van der Waals surface area (Å²) in [4.78, 5) is 1.38. The zero-order valence-electron chi connectivity index (χ0n) is 9.63. The van der Waals surface area contributed by atoms with E-state index in [4.69, 9.17) is 0 Å². The molecule has 0 radical (unpaired) electrons. The van der Waals surface area contributed by atoms with Crippen molar-refractivity contribution in [2.75, 3.05) is 0 Å². The van der Waals surface area contributed by atoms with Crippen molar-refractivity contribution >= 4 is 15.9 Å². The van der Waals surface area contributed by atoms with Crippen molar-refractivity contribution in [1.82, 2.24) is 20.2 Å². The van der Waals surface area contributed by atoms with Crippen LogP contribution in [0.25, 0.3) is 0 Å². The van der Waals surface area contributed by atoms with E-state index in [-0.39, 0.29) is 0 Å². The van der Waals surface area contributed by atoms with Crippen molar-refractivity contribution in [1.29, 1.82) is 0 Å². The molecule has 0 aliphatic heterocycles. The molecule has 2 aromatic rings. The molecule has 1 aromatic heterocycles. The van der Waals surface area contributed by atoms with Gasteiger partial charge >= 0.3 is 0 Å². The molecule has 1 N–H and O–H groups in total. The second-order valence-corrected chi connectivity index (χ2v) is 4.72. The monoisotopic (exact) mass is 296 g/mol. The predicted molar refractivity (Wildman–Crippen MR) is 66.3 cm³/mol. The van der Waals surface area contributed by atoms with Gasteiger partial charge in [-0.25, -0.2) is 0 Å². The number of aliphatic hydroxyl groups excluding tert-OH is 1. The molecule has 6 heteroatoms. The van der Waals surface area contributed by atoms with Gasteiger partial charge < -0.3 is 5.11 Å². The van der Waals surface area contributed by atoms with Crippen LogP contribution in [-0.2, 0) is 13.5 Å². The van der Waals surface area contributed by atoms with Gasteiger partial charge in [0.05, 0.1) is 13.2 Å². The van der Waals surface area contributed by atoms with Gasteiger partial charge in [0.15, 0.2) is 5.82 Å². The van der Waals surface area contributed by atoms with Crippen LogP contribution in [0.3, 0.4) is 0 Å². The Morgan fingerprint density at radius 3 is 2.88 bits per heavy atom. The van der Waals surface area contributed by atoms with Crippen LogP contribution in [0.4, 0.5) is 0 Å². The third kappa shape index (κ3) is 2.70. The number of hydrogen-bond donors (Lipinski definition) is 1. The van der Waals surface area contributed by atoms with Crippen molar-refractivity contribution < 1.29 is 5.11 Å². The minimum Gasteiger partial charge on any atom is -0.388 e. The number of hydrogen-bond acceptors (Lipinski definition) is 4. The number of benzene rings is 1. The average molecular weight is 297 g/mol. The standard InChI is InChI=1S/C11H13BrN4O/c1-7-8(4-3-5-9(7)12)10(17)6-11-13-15-16(2)14-11/h3-5,10,17H,6H2,1-2H3. The van der Waals surface area contributed by atoms with E-state index >= 15 is 0 Å². The highest BCUT2D eigenvalue weighted by molar-refractivity contribution is 9.10. The van der Waals surface area contributed by atoms with Crippen LogP contribution in [-0.4, -0.2) is 25.3 Å². The molecule has 0 saturated carbocycles. The Labute approximate surface area is 108 Å². The number of rotatable bonds is 3. The zero-order valence-corrected chi connectivity index (χ0v) is 11.2. The second-order valence-electron chi connectivity index (χ2n) is 3.87. The van der Waals surface area contributed by atoms with Crippen molar-refractivity contribution in [3.05, 3.63) is 39.6 Å². The highest BCUT2D eigenvalue weighted by Gasteiger charge is 2.15. The Kier molecular flexibility index (Phi) is 3.54. The van der Waals surface area contributed by atoms with Crippen molar-refractivity contribution in [2.24, 2.45) is 7.05 Å². The maximum absolute atomic E-state index is 10.2. The Bertz CT molecular complexity index is 526. The van der Waals surface area contributed by atoms with Gasteiger partial charge in [-0.1, -0.05) is 28.1 Å². The summed E-state index contributed by atoms with van der Waals surface area (Å²) in [5.74, 6) is 0.541. The number of aryl methyl sites for hydroxylation is 1. The van der Waals surface area contributed by atoms with Gasteiger partial charge in [-0.15, -0.1) is 10.2 Å². The zero-order chi connectivity index (χ0) is 12.4. The lowest BCUT2D eigenvalue weighted by Gasteiger charge is -2.12. The van der Waals surface area contributed by atoms with E-state index in [9.17, 15) is 5.11 Å². The summed E-state index contributed by atoms with van der Waals surface area (Å²) in [5.41, 5.74) is 1.91. The summed E-state index contributed by atoms with van der Waals surface area (Å²) in [7, 11) is 1.70. The van der Waals surface area contributed by atoms with Crippen LogP contribution in [0.15, 0.2) is 22.7 Å². The Morgan fingerprint density at radius 2 is 2.24 bits per heavy atom. The number of nitrogens with zero attached hydrogens (tertiary/aromatic N) is 4. The van der Waals surface area contributed by atoms with Gasteiger partial charge in [-0.05, 0) is 29.3 Å². The predicted octanol–water partition coefficient (Wildman–Crippen LogP) is 1.56. The van der Waals surface area contributed by atoms with Crippen LogP contribution in [0.5, 0.6) is 0 Å². The number of tetrazole rings is 1. The van der Waals surface area contributed by atoms with Gasteiger partial charge in [-0.3, -0.25) is 0 Å². The third-order valence-corrected chi connectivity index (χ3v) is 3.45. The molecule has 0 amide bonds. The SMILES string of the molecule is Cc1c(Br)cccc1C(O)Cc1nnn(C)n1. The highest BCUT2D eigenvalue weighted by atomic mass is 79.9. The number of halogens is 1. The molecule has 0 aliphatic carbocycles. The van der Waals surface area contributed by atoms with E-state index in [2.05, 4.69) is 31.3 Å². The minimum atomic E-state index is -0.614. The maximum atomic E-state index is 10.2. The van der Waals surface area contributed by atoms with Gasteiger partial charge in [0.1, 0.15) is 0 Å². The fraction of sp³-hybridized carbons (Fsp3) is 0.364. The van der Waals surface area contributed by atoms with E-state index in [0.29, 0.717) is 12.2 Å². The molecular weight excluding hydrogens is 284 g/mol. The van der Waals surface area contributed by atoms with E-state index < -0.39 is 6.10 Å². The lowest BCUT2D eigenvalue weighted by molar-refractivity contribution is 0.175. The lowest BCUT2D eigenvalue weighted by atomic mass is 10.0. The van der Waals surface area contributed by atoms with Crippen LogP contribution in [0.2, 0.25) is 0 Å². The molecule has 1 atom stereocenters. The average Bonchev–Trinajstić information content (AvgIpc) is 2.68. The fourth-order valence-electron chi connectivity index (χ4n) is 1.67. The molecule has 1 aromatic carbocycles. The Balaban J connectivity index is 2.20. The van der Waals surface area contributed by atoms with Crippen LogP contribution in [0, 0.1) is 6.92 Å². The first kappa shape index (κ1) is 12.2. The molecule has 90 valence electrons. The molecule has 2 rings (SSSR count). The van der Waals surface area contributed by atoms with E-state index in [1.165, 1.54) is 4.80 Å². The number of aliphatic hydroxyl groups is 1. The van der Waals surface area contributed by atoms with Crippen LogP contribution < -0.4 is 0 Å². The van der Waals surface area contributed by atoms with E-state index in [0.717, 1.165) is 15.6 Å². The first-order valence-corrected chi connectivity index (χ1v) is 6.03. The van der Waals surface area contributed by atoms with Gasteiger partial charge in [0.2, 0.25) is 0 Å². The summed E-state index contributed by atoms with van der Waals surface area (Å²) < 4.78 is 0.987.